The average molecular weight is 300 g/mol. The number of nitrogens with zero attached hydrogens (tertiary/aromatic N) is 3. The van der Waals surface area contributed by atoms with Crippen LogP contribution in [0.15, 0.2) is 36.4 Å². The van der Waals surface area contributed by atoms with E-state index in [1.165, 1.54) is 6.07 Å². The third-order valence-electron chi connectivity index (χ3n) is 3.38. The van der Waals surface area contributed by atoms with Crippen LogP contribution in [0.2, 0.25) is 0 Å². The molecule has 0 bridgehead atoms. The highest BCUT2D eigenvalue weighted by atomic mass is 35.5. The zero-order valence-corrected chi connectivity index (χ0v) is 12.0. The van der Waals surface area contributed by atoms with Crippen molar-refractivity contribution >= 4 is 22.6 Å². The molecule has 1 heterocycles. The molecule has 5 heteroatoms. The minimum Gasteiger partial charge on any atom is -0.295 e. The van der Waals surface area contributed by atoms with Gasteiger partial charge in [0, 0.05) is 11.8 Å². The van der Waals surface area contributed by atoms with Crippen molar-refractivity contribution in [2.75, 3.05) is 0 Å². The van der Waals surface area contributed by atoms with Gasteiger partial charge in [-0.2, -0.15) is 5.26 Å². The Morgan fingerprint density at radius 2 is 2.00 bits per heavy atom. The van der Waals surface area contributed by atoms with Gasteiger partial charge in [-0.25, -0.2) is 9.37 Å². The molecule has 0 saturated carbocycles. The van der Waals surface area contributed by atoms with Gasteiger partial charge in [0.15, 0.2) is 0 Å². The van der Waals surface area contributed by atoms with Crippen LogP contribution in [0.4, 0.5) is 4.39 Å². The molecule has 21 heavy (non-hydrogen) atoms. The van der Waals surface area contributed by atoms with Crippen LogP contribution in [0.3, 0.4) is 0 Å². The van der Waals surface area contributed by atoms with E-state index in [0.29, 0.717) is 22.5 Å². The molecule has 0 atom stereocenters. The SMILES string of the molecule is Cc1cc2c(cc1F)nc(CCl)n2-c1ccc(C#N)cc1. The van der Waals surface area contributed by atoms with Crippen LogP contribution in [0.25, 0.3) is 16.7 Å². The summed E-state index contributed by atoms with van der Waals surface area (Å²) >= 11 is 5.96. The van der Waals surface area contributed by atoms with E-state index in [4.69, 9.17) is 16.9 Å². The predicted molar refractivity (Wildman–Crippen MR) is 80.0 cm³/mol. The Labute approximate surface area is 126 Å². The van der Waals surface area contributed by atoms with E-state index < -0.39 is 0 Å². The Bertz CT molecular complexity index is 860. The van der Waals surface area contributed by atoms with Crippen molar-refractivity contribution in [2.24, 2.45) is 0 Å². The molecular weight excluding hydrogens is 289 g/mol. The van der Waals surface area contributed by atoms with Crippen LogP contribution in [0, 0.1) is 24.1 Å². The molecule has 0 spiro atoms. The van der Waals surface area contributed by atoms with E-state index in [1.54, 1.807) is 25.1 Å². The van der Waals surface area contributed by atoms with E-state index in [-0.39, 0.29) is 11.7 Å². The normalized spacial score (nSPS) is 10.8. The van der Waals surface area contributed by atoms with Gasteiger partial charge in [-0.05, 0) is 42.8 Å². The second-order valence-electron chi connectivity index (χ2n) is 4.75. The summed E-state index contributed by atoms with van der Waals surface area (Å²) in [5.74, 6) is 0.574. The van der Waals surface area contributed by atoms with Gasteiger partial charge < -0.3 is 0 Å². The Kier molecular flexibility index (Phi) is 3.36. The lowest BCUT2D eigenvalue weighted by molar-refractivity contribution is 0.620. The largest absolute Gasteiger partial charge is 0.295 e. The fourth-order valence-electron chi connectivity index (χ4n) is 2.32. The minimum absolute atomic E-state index is 0.218. The number of hydrogen-bond donors (Lipinski definition) is 0. The first kappa shape index (κ1) is 13.6. The summed E-state index contributed by atoms with van der Waals surface area (Å²) in [6.45, 7) is 1.71. The van der Waals surface area contributed by atoms with Gasteiger partial charge in [0.05, 0.1) is 28.5 Å². The van der Waals surface area contributed by atoms with Crippen molar-refractivity contribution in [1.29, 1.82) is 5.26 Å². The lowest BCUT2D eigenvalue weighted by Gasteiger charge is -2.08. The first-order valence-electron chi connectivity index (χ1n) is 6.38. The van der Waals surface area contributed by atoms with Crippen LogP contribution in [-0.4, -0.2) is 9.55 Å². The molecule has 0 aliphatic rings. The third-order valence-corrected chi connectivity index (χ3v) is 3.62. The lowest BCUT2D eigenvalue weighted by atomic mass is 10.2. The number of imidazole rings is 1. The van der Waals surface area contributed by atoms with E-state index in [1.807, 2.05) is 16.7 Å². The molecule has 0 fully saturated rings. The average Bonchev–Trinajstić information content (AvgIpc) is 2.85. The zero-order valence-electron chi connectivity index (χ0n) is 11.3. The standard InChI is InChI=1S/C16H11ClFN3/c1-10-6-15-14(7-13(10)18)20-16(8-17)21(15)12-4-2-11(9-19)3-5-12/h2-7H,8H2,1H3. The predicted octanol–water partition coefficient (Wildman–Crippen LogP) is 4.08. The number of benzene rings is 2. The Morgan fingerprint density at radius 3 is 2.62 bits per heavy atom. The summed E-state index contributed by atoms with van der Waals surface area (Å²) in [5, 5.41) is 8.87. The van der Waals surface area contributed by atoms with Crippen LogP contribution in [0.5, 0.6) is 0 Å². The highest BCUT2D eigenvalue weighted by Crippen LogP contribution is 2.25. The second kappa shape index (κ2) is 5.19. The van der Waals surface area contributed by atoms with Gasteiger partial charge in [-0.1, -0.05) is 0 Å². The minimum atomic E-state index is -0.284. The number of halogens is 2. The highest BCUT2D eigenvalue weighted by molar-refractivity contribution is 6.17. The number of alkyl halides is 1. The summed E-state index contributed by atoms with van der Waals surface area (Å²) in [6, 6.07) is 12.4. The number of nitriles is 1. The van der Waals surface area contributed by atoms with E-state index in [0.717, 1.165) is 11.2 Å². The highest BCUT2D eigenvalue weighted by Gasteiger charge is 2.13. The van der Waals surface area contributed by atoms with Crippen molar-refractivity contribution < 1.29 is 4.39 Å². The molecule has 0 radical (unpaired) electrons. The quantitative estimate of drug-likeness (QED) is 0.669. The molecule has 1 aromatic heterocycles. The first-order valence-corrected chi connectivity index (χ1v) is 6.91. The van der Waals surface area contributed by atoms with Crippen molar-refractivity contribution in [3.63, 3.8) is 0 Å². The van der Waals surface area contributed by atoms with E-state index in [2.05, 4.69) is 11.1 Å². The van der Waals surface area contributed by atoms with E-state index in [9.17, 15) is 4.39 Å². The molecule has 0 saturated heterocycles. The van der Waals surface area contributed by atoms with Crippen molar-refractivity contribution in [2.45, 2.75) is 12.8 Å². The molecule has 0 unspecified atom stereocenters. The first-order chi connectivity index (χ1) is 10.1. The second-order valence-corrected chi connectivity index (χ2v) is 5.01. The monoisotopic (exact) mass is 299 g/mol. The Hall–Kier alpha value is -2.38. The lowest BCUT2D eigenvalue weighted by Crippen LogP contribution is -1.99. The molecule has 3 nitrogen and oxygen atoms in total. The molecule has 0 amide bonds. The molecule has 3 aromatic rings. The number of aromatic nitrogens is 2. The van der Waals surface area contributed by atoms with Crippen molar-refractivity contribution in [1.82, 2.24) is 9.55 Å². The number of rotatable bonds is 2. The van der Waals surface area contributed by atoms with Gasteiger partial charge in [0.2, 0.25) is 0 Å². The molecule has 0 aliphatic carbocycles. The van der Waals surface area contributed by atoms with Gasteiger partial charge >= 0.3 is 0 Å². The summed E-state index contributed by atoms with van der Waals surface area (Å²) in [4.78, 5) is 4.38. The van der Waals surface area contributed by atoms with Gasteiger partial charge in [0.1, 0.15) is 11.6 Å². The van der Waals surface area contributed by atoms with Crippen molar-refractivity contribution in [3.05, 3.63) is 59.2 Å². The maximum absolute atomic E-state index is 13.7. The summed E-state index contributed by atoms with van der Waals surface area (Å²) in [5.41, 5.74) is 3.35. The number of fused-ring (bicyclic) bond motifs is 1. The zero-order chi connectivity index (χ0) is 15.0. The summed E-state index contributed by atoms with van der Waals surface area (Å²) in [6.07, 6.45) is 0. The van der Waals surface area contributed by atoms with E-state index >= 15 is 0 Å². The fraction of sp³-hybridized carbons (Fsp3) is 0.125. The Balaban J connectivity index is 2.28. The van der Waals surface area contributed by atoms with Gasteiger partial charge in [-0.3, -0.25) is 4.57 Å². The topological polar surface area (TPSA) is 41.6 Å². The van der Waals surface area contributed by atoms with Gasteiger partial charge in [-0.15, -0.1) is 11.6 Å². The number of aryl methyl sites for hydroxylation is 1. The summed E-state index contributed by atoms with van der Waals surface area (Å²) in [7, 11) is 0. The fourth-order valence-corrected chi connectivity index (χ4v) is 2.49. The molecule has 2 aromatic carbocycles. The van der Waals surface area contributed by atoms with Crippen LogP contribution < -0.4 is 0 Å². The number of hydrogen-bond acceptors (Lipinski definition) is 2. The maximum atomic E-state index is 13.7. The van der Waals surface area contributed by atoms with Crippen LogP contribution in [0.1, 0.15) is 17.0 Å². The van der Waals surface area contributed by atoms with Crippen LogP contribution >= 0.6 is 11.6 Å². The molecule has 104 valence electrons. The molecule has 0 aliphatic heterocycles. The van der Waals surface area contributed by atoms with Crippen LogP contribution in [-0.2, 0) is 5.88 Å². The Morgan fingerprint density at radius 1 is 1.29 bits per heavy atom. The summed E-state index contributed by atoms with van der Waals surface area (Å²) < 4.78 is 15.6. The molecule has 3 rings (SSSR count). The molecule has 0 N–H and O–H groups in total. The van der Waals surface area contributed by atoms with Crippen molar-refractivity contribution in [3.8, 4) is 11.8 Å². The molecular formula is C16H11ClFN3. The van der Waals surface area contributed by atoms with Gasteiger partial charge in [0.25, 0.3) is 0 Å². The third kappa shape index (κ3) is 2.26. The maximum Gasteiger partial charge on any atom is 0.129 e. The smallest absolute Gasteiger partial charge is 0.129 e.